The van der Waals surface area contributed by atoms with Crippen LogP contribution in [0.3, 0.4) is 0 Å². The van der Waals surface area contributed by atoms with Gasteiger partial charge in [-0.05, 0) is 44.5 Å². The maximum Gasteiger partial charge on any atom is 0.362 e. The summed E-state index contributed by atoms with van der Waals surface area (Å²) in [4.78, 5) is 89.8. The maximum atomic E-state index is 13.2. The van der Waals surface area contributed by atoms with Gasteiger partial charge in [-0.25, -0.2) is 24.4 Å². The Morgan fingerprint density at radius 3 is 2.00 bits per heavy atom. The summed E-state index contributed by atoms with van der Waals surface area (Å²) in [5, 5.41) is 5.38. The number of hydrogen-bond acceptors (Lipinski definition) is 21. The first kappa shape index (κ1) is 42.6. The van der Waals surface area contributed by atoms with Gasteiger partial charge in [0.05, 0.1) is 29.9 Å². The van der Waals surface area contributed by atoms with Crippen molar-refractivity contribution in [3.63, 3.8) is 0 Å². The third kappa shape index (κ3) is 13.0. The van der Waals surface area contributed by atoms with Crippen LogP contribution in [-0.2, 0) is 63.8 Å². The van der Waals surface area contributed by atoms with E-state index in [0.717, 1.165) is 13.8 Å². The van der Waals surface area contributed by atoms with Crippen LogP contribution in [0.2, 0.25) is 0 Å². The topological polar surface area (TPSA) is 364 Å². The van der Waals surface area contributed by atoms with Gasteiger partial charge in [0.1, 0.15) is 6.04 Å². The highest BCUT2D eigenvalue weighted by Gasteiger charge is 2.31. The van der Waals surface area contributed by atoms with Crippen molar-refractivity contribution >= 4 is 72.8 Å². The Balaban J connectivity index is 1.69. The predicted octanol–water partition coefficient (Wildman–Crippen LogP) is -2.69. The van der Waals surface area contributed by atoms with Gasteiger partial charge >= 0.3 is 44.1 Å². The lowest BCUT2D eigenvalue weighted by Crippen LogP contribution is -2.44. The Labute approximate surface area is 306 Å². The van der Waals surface area contributed by atoms with Crippen molar-refractivity contribution in [1.82, 2.24) is 25.3 Å². The van der Waals surface area contributed by atoms with E-state index in [1.807, 2.05) is 0 Å². The highest BCUT2D eigenvalue weighted by Crippen LogP contribution is 2.14. The minimum absolute atomic E-state index is 0.0111. The number of nitrogens with one attached hydrogen (secondary N) is 3. The lowest BCUT2D eigenvalue weighted by atomic mass is 10.1. The third-order valence-corrected chi connectivity index (χ3v) is 9.06. The van der Waals surface area contributed by atoms with Crippen molar-refractivity contribution in [2.45, 2.75) is 51.5 Å². The van der Waals surface area contributed by atoms with E-state index >= 15 is 0 Å². The van der Waals surface area contributed by atoms with Crippen molar-refractivity contribution in [3.05, 3.63) is 52.1 Å². The fourth-order valence-corrected chi connectivity index (χ4v) is 5.62. The molecule has 0 radical (unpaired) electrons. The maximum absolute atomic E-state index is 13.2. The van der Waals surface area contributed by atoms with Gasteiger partial charge in [-0.15, -0.1) is 0 Å². The molecule has 2 aromatic heterocycles. The molecular formula is C29H37N9O14S2. The van der Waals surface area contributed by atoms with E-state index in [1.165, 1.54) is 30.5 Å². The Kier molecular flexibility index (Phi) is 14.8. The first-order valence-corrected chi connectivity index (χ1v) is 18.9. The number of rotatable bonds is 19. The smallest absolute Gasteiger partial charge is 0.362 e. The molecule has 294 valence electrons. The van der Waals surface area contributed by atoms with Gasteiger partial charge in [-0.3, -0.25) is 19.4 Å². The Morgan fingerprint density at radius 2 is 1.43 bits per heavy atom. The van der Waals surface area contributed by atoms with Crippen LogP contribution in [0.4, 0.5) is 11.6 Å². The Hall–Kier alpha value is -5.79. The van der Waals surface area contributed by atoms with Crippen LogP contribution in [0.5, 0.6) is 0 Å². The molecule has 0 saturated heterocycles. The van der Waals surface area contributed by atoms with Crippen molar-refractivity contribution < 1.29 is 58.6 Å². The number of H-pyrrole nitrogens is 1. The number of carbonyl (C=O) groups excluding carboxylic acids is 5. The SMILES string of the molecule is CC(OC(=O)CC[C@H](NC(=O)c1ccc(NCc2cnc3nc(N)[nH]c(=O)c3n2)cc1)C(=O)OC(C)C(=O)OS(=O)(=O)CCN)C(=O)OS(=O)(=O)CCN. The van der Waals surface area contributed by atoms with Crippen LogP contribution in [0.25, 0.3) is 11.2 Å². The molecule has 2 unspecified atom stereocenters. The second-order valence-electron chi connectivity index (χ2n) is 11.1. The van der Waals surface area contributed by atoms with E-state index in [2.05, 4.69) is 38.9 Å². The fourth-order valence-electron chi connectivity index (χ4n) is 4.11. The average Bonchev–Trinajstić information content (AvgIpc) is 3.08. The zero-order valence-corrected chi connectivity index (χ0v) is 30.3. The van der Waals surface area contributed by atoms with Gasteiger partial charge in [0, 0.05) is 30.8 Å². The van der Waals surface area contributed by atoms with Gasteiger partial charge in [0.25, 0.3) is 11.5 Å². The molecule has 3 aromatic rings. The molecule has 1 amide bonds. The summed E-state index contributed by atoms with van der Waals surface area (Å²) in [6.07, 6.45) is -3.31. The molecule has 54 heavy (non-hydrogen) atoms. The Bertz CT molecular complexity index is 2150. The lowest BCUT2D eigenvalue weighted by molar-refractivity contribution is -0.163. The van der Waals surface area contributed by atoms with E-state index in [-0.39, 0.29) is 42.3 Å². The number of carbonyl (C=O) groups is 5. The van der Waals surface area contributed by atoms with Crippen LogP contribution in [-0.4, -0.2) is 109 Å². The summed E-state index contributed by atoms with van der Waals surface area (Å²) in [5.74, 6) is -7.65. The molecule has 0 aliphatic heterocycles. The zero-order chi connectivity index (χ0) is 40.2. The molecular weight excluding hydrogens is 763 g/mol. The van der Waals surface area contributed by atoms with Crippen molar-refractivity contribution in [3.8, 4) is 0 Å². The van der Waals surface area contributed by atoms with Gasteiger partial charge in [-0.1, -0.05) is 0 Å². The first-order chi connectivity index (χ1) is 25.3. The molecule has 0 aliphatic carbocycles. The van der Waals surface area contributed by atoms with Crippen molar-refractivity contribution in [1.29, 1.82) is 0 Å². The number of nitrogens with two attached hydrogens (primary N) is 3. The molecule has 1 aromatic carbocycles. The van der Waals surface area contributed by atoms with E-state index in [1.54, 1.807) is 0 Å². The van der Waals surface area contributed by atoms with Crippen LogP contribution in [0.15, 0.2) is 35.3 Å². The van der Waals surface area contributed by atoms with Crippen LogP contribution >= 0.6 is 0 Å². The molecule has 23 nitrogen and oxygen atoms in total. The summed E-state index contributed by atoms with van der Waals surface area (Å²) in [5.41, 5.74) is 16.2. The summed E-state index contributed by atoms with van der Waals surface area (Å²) < 4.78 is 65.6. The van der Waals surface area contributed by atoms with Gasteiger partial charge < -0.3 is 45.7 Å². The van der Waals surface area contributed by atoms with Gasteiger partial charge in [0.15, 0.2) is 23.4 Å². The number of nitrogen functional groups attached to an aromatic ring is 1. The zero-order valence-electron chi connectivity index (χ0n) is 28.7. The standard InChI is InChI=1S/C29H37N9O14S2/c1-15(26(42)51-53(45,46)11-9-30)49-21(39)8-7-20(28(44)50-16(2)27(43)52-54(47,48)12-10-31)36-24(40)17-3-5-18(6-4-17)33-13-19-14-34-23-22(35-19)25(41)38-29(32)37-23/h3-6,14-16,20,33H,7-13,30-31H2,1-2H3,(H,36,40)(H3,32,34,37,38,41)/t15?,16?,20-/m0/s1. The number of aromatic nitrogens is 4. The quantitative estimate of drug-likeness (QED) is 0.0531. The number of benzene rings is 1. The van der Waals surface area contributed by atoms with E-state index in [4.69, 9.17) is 26.7 Å². The number of nitrogens with zero attached hydrogens (tertiary/aromatic N) is 3. The number of esters is 2. The van der Waals surface area contributed by atoms with Crippen molar-refractivity contribution in [2.75, 3.05) is 35.6 Å². The third-order valence-electron chi connectivity index (χ3n) is 6.75. The van der Waals surface area contributed by atoms with E-state index in [9.17, 15) is 45.6 Å². The molecule has 0 spiro atoms. The largest absolute Gasteiger partial charge is 0.451 e. The molecule has 0 fully saturated rings. The summed E-state index contributed by atoms with van der Waals surface area (Å²) in [6, 6.07) is 4.07. The monoisotopic (exact) mass is 799 g/mol. The van der Waals surface area contributed by atoms with Gasteiger partial charge in [-0.2, -0.15) is 21.8 Å². The summed E-state index contributed by atoms with van der Waals surface area (Å²) in [7, 11) is -8.72. The fraction of sp³-hybridized carbons (Fsp3) is 0.414. The molecule has 0 aliphatic rings. The number of amides is 1. The predicted molar refractivity (Wildman–Crippen MR) is 186 cm³/mol. The Morgan fingerprint density at radius 1 is 0.852 bits per heavy atom. The molecule has 2 heterocycles. The second-order valence-corrected chi connectivity index (χ2v) is 14.5. The van der Waals surface area contributed by atoms with Gasteiger partial charge in [0.2, 0.25) is 5.95 Å². The number of aromatic amines is 1. The van der Waals surface area contributed by atoms with Crippen LogP contribution in [0, 0.1) is 0 Å². The molecule has 3 rings (SSSR count). The summed E-state index contributed by atoms with van der Waals surface area (Å²) in [6.45, 7) is 1.43. The molecule has 0 saturated carbocycles. The van der Waals surface area contributed by atoms with Crippen molar-refractivity contribution in [2.24, 2.45) is 11.5 Å². The van der Waals surface area contributed by atoms with E-state index < -0.39 is 98.2 Å². The number of hydrogen-bond donors (Lipinski definition) is 6. The number of anilines is 2. The first-order valence-electron chi connectivity index (χ1n) is 15.7. The highest BCUT2D eigenvalue weighted by atomic mass is 32.2. The normalized spacial score (nSPS) is 13.2. The average molecular weight is 800 g/mol. The molecule has 3 atom stereocenters. The number of ether oxygens (including phenoxy) is 2. The minimum Gasteiger partial charge on any atom is -0.451 e. The molecule has 0 bridgehead atoms. The summed E-state index contributed by atoms with van der Waals surface area (Å²) >= 11 is 0. The molecule has 9 N–H and O–H groups in total. The minimum atomic E-state index is -4.39. The lowest BCUT2D eigenvalue weighted by Gasteiger charge is -2.20. The van der Waals surface area contributed by atoms with Crippen LogP contribution in [0.1, 0.15) is 42.7 Å². The number of fused-ring (bicyclic) bond motifs is 1. The van der Waals surface area contributed by atoms with E-state index in [0.29, 0.717) is 11.4 Å². The molecule has 25 heteroatoms. The van der Waals surface area contributed by atoms with Crippen LogP contribution < -0.4 is 33.4 Å². The highest BCUT2D eigenvalue weighted by molar-refractivity contribution is 7.87. The second kappa shape index (κ2) is 18.8.